The van der Waals surface area contributed by atoms with Crippen molar-refractivity contribution < 1.29 is 9.13 Å². The van der Waals surface area contributed by atoms with Crippen molar-refractivity contribution in [2.24, 2.45) is 0 Å². The first-order chi connectivity index (χ1) is 15.6. The van der Waals surface area contributed by atoms with Crippen LogP contribution in [-0.4, -0.2) is 42.4 Å². The van der Waals surface area contributed by atoms with Crippen LogP contribution in [0.5, 0.6) is 5.75 Å². The molecule has 9 heteroatoms. The van der Waals surface area contributed by atoms with Crippen LogP contribution in [0, 0.1) is 11.2 Å². The highest BCUT2D eigenvalue weighted by atomic mass is 35.5. The first kappa shape index (κ1) is 22.0. The topological polar surface area (TPSA) is 95.0 Å². The molecule has 0 bridgehead atoms. The summed E-state index contributed by atoms with van der Waals surface area (Å²) in [5, 5.41) is 18.2. The molecular formula is C23H24ClFN6O. The van der Waals surface area contributed by atoms with Gasteiger partial charge in [-0.2, -0.15) is 0 Å². The summed E-state index contributed by atoms with van der Waals surface area (Å²) in [7, 11) is 1.79. The fourth-order valence-electron chi connectivity index (χ4n) is 3.66. The number of aromatic nitrogens is 2. The third-order valence-electron chi connectivity index (χ3n) is 5.27. The normalized spacial score (nSPS) is 14.9. The third-order valence-corrected chi connectivity index (χ3v) is 5.55. The summed E-state index contributed by atoms with van der Waals surface area (Å²) in [6, 6.07) is 8.20. The molecule has 0 spiro atoms. The number of allylic oxidation sites excluding steroid dienone is 1. The van der Waals surface area contributed by atoms with Crippen LogP contribution in [0.1, 0.15) is 18.4 Å². The third kappa shape index (κ3) is 4.81. The van der Waals surface area contributed by atoms with Crippen molar-refractivity contribution in [3.63, 3.8) is 0 Å². The van der Waals surface area contributed by atoms with Crippen LogP contribution < -0.4 is 20.7 Å². The summed E-state index contributed by atoms with van der Waals surface area (Å²) in [6.07, 6.45) is 6.37. The summed E-state index contributed by atoms with van der Waals surface area (Å²) < 4.78 is 19.9. The molecule has 1 aliphatic rings. The van der Waals surface area contributed by atoms with E-state index in [-0.39, 0.29) is 11.1 Å². The number of hydrogen-bond acceptors (Lipinski definition) is 7. The highest BCUT2D eigenvalue weighted by Gasteiger charge is 2.19. The van der Waals surface area contributed by atoms with Gasteiger partial charge in [-0.15, -0.1) is 0 Å². The molecular weight excluding hydrogens is 431 g/mol. The predicted octanol–water partition coefficient (Wildman–Crippen LogP) is 4.51. The highest BCUT2D eigenvalue weighted by Crippen LogP contribution is 2.35. The molecule has 0 atom stereocenters. The number of nitrogens with zero attached hydrogens (tertiary/aromatic N) is 2. The molecule has 1 saturated heterocycles. The Bertz CT molecular complexity index is 1160. The van der Waals surface area contributed by atoms with E-state index in [0.717, 1.165) is 36.9 Å². The first-order valence-electron chi connectivity index (χ1n) is 10.4. The number of rotatable bonds is 7. The number of nitrogens with one attached hydrogen (secondary N) is 4. The first-order valence-corrected chi connectivity index (χ1v) is 10.7. The van der Waals surface area contributed by atoms with Crippen LogP contribution >= 0.6 is 11.6 Å². The van der Waals surface area contributed by atoms with Gasteiger partial charge in [-0.3, -0.25) is 0 Å². The van der Waals surface area contributed by atoms with Gasteiger partial charge in [0.15, 0.2) is 0 Å². The van der Waals surface area contributed by atoms with Gasteiger partial charge in [0.1, 0.15) is 29.8 Å². The lowest BCUT2D eigenvalue weighted by Gasteiger charge is -2.25. The second-order valence-electron chi connectivity index (χ2n) is 7.44. The van der Waals surface area contributed by atoms with E-state index in [0.29, 0.717) is 28.3 Å². The molecule has 0 radical (unpaired) electrons. The molecule has 7 nitrogen and oxygen atoms in total. The van der Waals surface area contributed by atoms with E-state index in [9.17, 15) is 4.39 Å². The molecule has 32 heavy (non-hydrogen) atoms. The van der Waals surface area contributed by atoms with E-state index in [1.165, 1.54) is 24.7 Å². The molecule has 2 aromatic carbocycles. The minimum Gasteiger partial charge on any atom is -0.490 e. The molecule has 0 unspecified atom stereocenters. The minimum absolute atomic E-state index is 0.0263. The van der Waals surface area contributed by atoms with Gasteiger partial charge in [0, 0.05) is 41.7 Å². The number of fused-ring (bicyclic) bond motifs is 1. The molecule has 0 saturated carbocycles. The number of anilines is 2. The van der Waals surface area contributed by atoms with Crippen molar-refractivity contribution in [1.82, 2.24) is 20.6 Å². The maximum Gasteiger partial charge on any atom is 0.141 e. The second-order valence-corrected chi connectivity index (χ2v) is 7.85. The van der Waals surface area contributed by atoms with Crippen LogP contribution in [0.4, 0.5) is 15.9 Å². The maximum absolute atomic E-state index is 13.5. The zero-order valence-corrected chi connectivity index (χ0v) is 18.3. The summed E-state index contributed by atoms with van der Waals surface area (Å²) in [5.41, 5.74) is 2.75. The summed E-state index contributed by atoms with van der Waals surface area (Å²) >= 11 is 5.93. The largest absolute Gasteiger partial charge is 0.490 e. The molecule has 1 aromatic heterocycles. The number of benzene rings is 2. The number of ether oxygens (including phenoxy) is 1. The van der Waals surface area contributed by atoms with E-state index in [2.05, 4.69) is 25.9 Å². The Morgan fingerprint density at radius 3 is 2.78 bits per heavy atom. The summed E-state index contributed by atoms with van der Waals surface area (Å²) in [5.74, 6) is 0.723. The van der Waals surface area contributed by atoms with Crippen LogP contribution in [0.2, 0.25) is 5.02 Å². The lowest BCUT2D eigenvalue weighted by molar-refractivity contribution is 0.162. The van der Waals surface area contributed by atoms with Crippen LogP contribution in [-0.2, 0) is 0 Å². The van der Waals surface area contributed by atoms with Crippen molar-refractivity contribution in [3.8, 4) is 5.75 Å². The molecule has 4 N–H and O–H groups in total. The van der Waals surface area contributed by atoms with Crippen molar-refractivity contribution in [3.05, 3.63) is 59.3 Å². The molecule has 2 heterocycles. The van der Waals surface area contributed by atoms with Gasteiger partial charge in [-0.05, 0) is 56.3 Å². The fraction of sp³-hybridized carbons (Fsp3) is 0.261. The van der Waals surface area contributed by atoms with Gasteiger partial charge in [0.25, 0.3) is 0 Å². The van der Waals surface area contributed by atoms with Crippen LogP contribution in [0.3, 0.4) is 0 Å². The average Bonchev–Trinajstić information content (AvgIpc) is 2.81. The number of piperidine rings is 1. The standard InChI is InChI=1S/C23H24ClFN6O/c1-27-12-14(11-26)17-9-21-18(10-22(17)32-16-4-6-28-7-5-16)23(30-13-29-21)31-15-2-3-20(25)19(24)8-15/h2-3,8-13,16,26-28H,4-7H2,1H3,(H,29,30,31)/b14-12+,26-11?. The minimum atomic E-state index is -0.484. The summed E-state index contributed by atoms with van der Waals surface area (Å²) in [4.78, 5) is 8.79. The lowest BCUT2D eigenvalue weighted by Crippen LogP contribution is -2.34. The van der Waals surface area contributed by atoms with Crippen molar-refractivity contribution >= 4 is 45.8 Å². The van der Waals surface area contributed by atoms with Gasteiger partial charge in [-0.1, -0.05) is 11.6 Å². The number of halogens is 2. The molecule has 1 fully saturated rings. The van der Waals surface area contributed by atoms with Crippen molar-refractivity contribution in [2.75, 3.05) is 25.5 Å². The Balaban J connectivity index is 1.79. The van der Waals surface area contributed by atoms with E-state index >= 15 is 0 Å². The average molecular weight is 455 g/mol. The Kier molecular flexibility index (Phi) is 6.82. The smallest absolute Gasteiger partial charge is 0.141 e. The van der Waals surface area contributed by atoms with E-state index in [1.54, 1.807) is 19.3 Å². The van der Waals surface area contributed by atoms with Gasteiger partial charge >= 0.3 is 0 Å². The molecule has 4 rings (SSSR count). The quantitative estimate of drug-likeness (QED) is 0.392. The van der Waals surface area contributed by atoms with E-state index in [4.69, 9.17) is 21.7 Å². The molecule has 1 aliphatic heterocycles. The van der Waals surface area contributed by atoms with Gasteiger partial charge in [0.2, 0.25) is 0 Å². The maximum atomic E-state index is 13.5. The predicted molar refractivity (Wildman–Crippen MR) is 127 cm³/mol. The lowest BCUT2D eigenvalue weighted by atomic mass is 10.0. The Morgan fingerprint density at radius 2 is 2.06 bits per heavy atom. The zero-order valence-electron chi connectivity index (χ0n) is 17.6. The van der Waals surface area contributed by atoms with Gasteiger partial charge < -0.3 is 26.1 Å². The summed E-state index contributed by atoms with van der Waals surface area (Å²) in [6.45, 7) is 1.80. The second kappa shape index (κ2) is 9.93. The van der Waals surface area contributed by atoms with E-state index in [1.807, 2.05) is 12.1 Å². The fourth-order valence-corrected chi connectivity index (χ4v) is 3.84. The Hall–Kier alpha value is -3.23. The monoisotopic (exact) mass is 454 g/mol. The van der Waals surface area contributed by atoms with Crippen molar-refractivity contribution in [2.45, 2.75) is 18.9 Å². The SMILES string of the molecule is CN/C=C(\C=N)c1cc2ncnc(Nc3ccc(F)c(Cl)c3)c2cc1OC1CCNCC1. The Morgan fingerprint density at radius 1 is 1.25 bits per heavy atom. The molecule has 166 valence electrons. The van der Waals surface area contributed by atoms with Crippen molar-refractivity contribution in [1.29, 1.82) is 5.41 Å². The van der Waals surface area contributed by atoms with Gasteiger partial charge in [0.05, 0.1) is 10.5 Å². The molecule has 3 aromatic rings. The zero-order chi connectivity index (χ0) is 22.5. The Labute approximate surface area is 190 Å². The highest BCUT2D eigenvalue weighted by molar-refractivity contribution is 6.31. The van der Waals surface area contributed by atoms with Crippen LogP contribution in [0.15, 0.2) is 42.9 Å². The van der Waals surface area contributed by atoms with E-state index < -0.39 is 5.82 Å². The van der Waals surface area contributed by atoms with Gasteiger partial charge in [-0.25, -0.2) is 14.4 Å². The molecule has 0 aliphatic carbocycles. The van der Waals surface area contributed by atoms with Crippen LogP contribution in [0.25, 0.3) is 16.5 Å². The number of hydrogen-bond donors (Lipinski definition) is 4. The molecule has 0 amide bonds.